The third kappa shape index (κ3) is 2.13. The molecule has 1 unspecified atom stereocenters. The van der Waals surface area contributed by atoms with E-state index in [0.717, 1.165) is 6.42 Å². The quantitative estimate of drug-likeness (QED) is 0.839. The summed E-state index contributed by atoms with van der Waals surface area (Å²) < 4.78 is 0. The number of hydrogen-bond acceptors (Lipinski definition) is 1. The zero-order valence-corrected chi connectivity index (χ0v) is 11.6. The van der Waals surface area contributed by atoms with Crippen molar-refractivity contribution < 1.29 is 0 Å². The zero-order valence-electron chi connectivity index (χ0n) is 11.6. The number of hydrogen-bond donors (Lipinski definition) is 1. The SMILES string of the molecule is CCc1ccc(C(C)C)cc1C1(C(C)N)CC1. The van der Waals surface area contributed by atoms with Gasteiger partial charge in [-0.15, -0.1) is 0 Å². The molecule has 1 atom stereocenters. The van der Waals surface area contributed by atoms with E-state index in [0.29, 0.717) is 5.92 Å². The molecule has 94 valence electrons. The first-order valence-electron chi connectivity index (χ1n) is 6.90. The van der Waals surface area contributed by atoms with Crippen LogP contribution in [-0.4, -0.2) is 6.04 Å². The molecule has 1 aliphatic rings. The topological polar surface area (TPSA) is 26.0 Å². The Labute approximate surface area is 105 Å². The Morgan fingerprint density at radius 3 is 2.29 bits per heavy atom. The average Bonchev–Trinajstić information content (AvgIpc) is 3.09. The third-order valence-corrected chi connectivity index (χ3v) is 4.38. The molecule has 1 fully saturated rings. The van der Waals surface area contributed by atoms with Gasteiger partial charge in [-0.3, -0.25) is 0 Å². The summed E-state index contributed by atoms with van der Waals surface area (Å²) in [5.74, 6) is 0.600. The van der Waals surface area contributed by atoms with Crippen LogP contribution in [0, 0.1) is 0 Å². The van der Waals surface area contributed by atoms with Crippen LogP contribution in [0.4, 0.5) is 0 Å². The molecular weight excluding hydrogens is 206 g/mol. The van der Waals surface area contributed by atoms with Crippen LogP contribution in [-0.2, 0) is 11.8 Å². The molecule has 2 rings (SSSR count). The molecule has 1 saturated carbocycles. The van der Waals surface area contributed by atoms with Gasteiger partial charge in [0.25, 0.3) is 0 Å². The maximum atomic E-state index is 6.21. The molecule has 0 heterocycles. The van der Waals surface area contributed by atoms with Crippen LogP contribution < -0.4 is 5.73 Å². The molecule has 0 radical (unpaired) electrons. The Morgan fingerprint density at radius 2 is 1.88 bits per heavy atom. The first-order valence-corrected chi connectivity index (χ1v) is 6.90. The lowest BCUT2D eigenvalue weighted by atomic mass is 9.83. The van der Waals surface area contributed by atoms with E-state index >= 15 is 0 Å². The highest BCUT2D eigenvalue weighted by atomic mass is 14.7. The Bertz CT molecular complexity index is 400. The van der Waals surface area contributed by atoms with Gasteiger partial charge in [-0.05, 0) is 48.8 Å². The Morgan fingerprint density at radius 1 is 1.24 bits per heavy atom. The summed E-state index contributed by atoms with van der Waals surface area (Å²) in [7, 11) is 0. The van der Waals surface area contributed by atoms with Crippen LogP contribution in [0.25, 0.3) is 0 Å². The number of benzene rings is 1. The van der Waals surface area contributed by atoms with Gasteiger partial charge in [0.15, 0.2) is 0 Å². The van der Waals surface area contributed by atoms with Gasteiger partial charge < -0.3 is 5.73 Å². The van der Waals surface area contributed by atoms with Crippen molar-refractivity contribution in [2.75, 3.05) is 0 Å². The predicted molar refractivity (Wildman–Crippen MR) is 74.5 cm³/mol. The maximum Gasteiger partial charge on any atom is 0.0108 e. The van der Waals surface area contributed by atoms with Gasteiger partial charge in [0.1, 0.15) is 0 Å². The van der Waals surface area contributed by atoms with Crippen LogP contribution in [0.15, 0.2) is 18.2 Å². The second-order valence-electron chi connectivity index (χ2n) is 5.87. The highest BCUT2D eigenvalue weighted by Crippen LogP contribution is 2.51. The number of nitrogens with two attached hydrogens (primary N) is 1. The Balaban J connectivity index is 2.47. The molecule has 1 aromatic carbocycles. The van der Waals surface area contributed by atoms with Gasteiger partial charge in [0, 0.05) is 11.5 Å². The average molecular weight is 231 g/mol. The molecular formula is C16H25N. The third-order valence-electron chi connectivity index (χ3n) is 4.38. The van der Waals surface area contributed by atoms with E-state index in [1.54, 1.807) is 0 Å². The highest BCUT2D eigenvalue weighted by molar-refractivity contribution is 5.43. The van der Waals surface area contributed by atoms with Crippen molar-refractivity contribution in [3.63, 3.8) is 0 Å². The fraction of sp³-hybridized carbons (Fsp3) is 0.625. The van der Waals surface area contributed by atoms with Crippen molar-refractivity contribution in [3.05, 3.63) is 34.9 Å². The van der Waals surface area contributed by atoms with Crippen LogP contribution in [0.5, 0.6) is 0 Å². The second-order valence-corrected chi connectivity index (χ2v) is 5.87. The number of rotatable bonds is 4. The number of aryl methyl sites for hydroxylation is 1. The van der Waals surface area contributed by atoms with E-state index in [4.69, 9.17) is 5.73 Å². The fourth-order valence-electron chi connectivity index (χ4n) is 2.83. The molecule has 1 aromatic rings. The van der Waals surface area contributed by atoms with E-state index in [9.17, 15) is 0 Å². The minimum absolute atomic E-state index is 0.273. The summed E-state index contributed by atoms with van der Waals surface area (Å²) in [6.45, 7) is 8.92. The van der Waals surface area contributed by atoms with E-state index < -0.39 is 0 Å². The minimum Gasteiger partial charge on any atom is -0.327 e. The van der Waals surface area contributed by atoms with E-state index in [1.165, 1.54) is 29.5 Å². The Kier molecular flexibility index (Phi) is 3.31. The molecule has 2 N–H and O–H groups in total. The smallest absolute Gasteiger partial charge is 0.0108 e. The van der Waals surface area contributed by atoms with E-state index in [1.807, 2.05) is 0 Å². The molecule has 0 saturated heterocycles. The van der Waals surface area contributed by atoms with E-state index in [-0.39, 0.29) is 11.5 Å². The van der Waals surface area contributed by atoms with Crippen LogP contribution in [0.1, 0.15) is 63.1 Å². The van der Waals surface area contributed by atoms with Crippen molar-refractivity contribution in [2.45, 2.75) is 64.3 Å². The monoisotopic (exact) mass is 231 g/mol. The predicted octanol–water partition coefficient (Wildman–Crippen LogP) is 3.75. The van der Waals surface area contributed by atoms with Crippen molar-refractivity contribution >= 4 is 0 Å². The van der Waals surface area contributed by atoms with Crippen molar-refractivity contribution in [3.8, 4) is 0 Å². The highest BCUT2D eigenvalue weighted by Gasteiger charge is 2.48. The molecule has 1 nitrogen and oxygen atoms in total. The lowest BCUT2D eigenvalue weighted by Crippen LogP contribution is -2.32. The van der Waals surface area contributed by atoms with Crippen LogP contribution in [0.3, 0.4) is 0 Å². The maximum absolute atomic E-state index is 6.21. The van der Waals surface area contributed by atoms with Gasteiger partial charge in [-0.25, -0.2) is 0 Å². The first kappa shape index (κ1) is 12.6. The second kappa shape index (κ2) is 4.45. The molecule has 0 aromatic heterocycles. The first-order chi connectivity index (χ1) is 8.01. The normalized spacial score (nSPS) is 19.4. The molecule has 1 heteroatoms. The summed E-state index contributed by atoms with van der Waals surface area (Å²) in [6.07, 6.45) is 3.64. The molecule has 0 amide bonds. The Hall–Kier alpha value is -0.820. The fourth-order valence-corrected chi connectivity index (χ4v) is 2.83. The van der Waals surface area contributed by atoms with Crippen LogP contribution >= 0.6 is 0 Å². The largest absolute Gasteiger partial charge is 0.327 e. The summed E-state index contributed by atoms with van der Waals surface area (Å²) in [5, 5.41) is 0. The van der Waals surface area contributed by atoms with E-state index in [2.05, 4.69) is 45.9 Å². The lowest BCUT2D eigenvalue weighted by Gasteiger charge is -2.24. The lowest BCUT2D eigenvalue weighted by molar-refractivity contribution is 0.551. The molecule has 1 aliphatic carbocycles. The molecule has 0 bridgehead atoms. The summed E-state index contributed by atoms with van der Waals surface area (Å²) in [6, 6.07) is 7.28. The zero-order chi connectivity index (χ0) is 12.6. The molecule has 0 spiro atoms. The van der Waals surface area contributed by atoms with Gasteiger partial charge in [0.2, 0.25) is 0 Å². The van der Waals surface area contributed by atoms with Gasteiger partial charge in [-0.2, -0.15) is 0 Å². The molecule has 17 heavy (non-hydrogen) atoms. The summed E-state index contributed by atoms with van der Waals surface area (Å²) in [5.41, 5.74) is 11.0. The van der Waals surface area contributed by atoms with Gasteiger partial charge in [0.05, 0.1) is 0 Å². The summed E-state index contributed by atoms with van der Waals surface area (Å²) in [4.78, 5) is 0. The van der Waals surface area contributed by atoms with Crippen molar-refractivity contribution in [2.24, 2.45) is 5.73 Å². The molecule has 0 aliphatic heterocycles. The van der Waals surface area contributed by atoms with Gasteiger partial charge >= 0.3 is 0 Å². The standard InChI is InChI=1S/C16H25N/c1-5-13-6-7-14(11(2)3)10-15(13)16(8-9-16)12(4)17/h6-7,10-12H,5,8-9,17H2,1-4H3. The summed E-state index contributed by atoms with van der Waals surface area (Å²) >= 11 is 0. The van der Waals surface area contributed by atoms with Crippen molar-refractivity contribution in [1.82, 2.24) is 0 Å². The minimum atomic E-state index is 0.273. The van der Waals surface area contributed by atoms with Crippen LogP contribution in [0.2, 0.25) is 0 Å². The van der Waals surface area contributed by atoms with Gasteiger partial charge in [-0.1, -0.05) is 39.0 Å². The van der Waals surface area contributed by atoms with Crippen molar-refractivity contribution in [1.29, 1.82) is 0 Å².